The molecular weight excluding hydrogens is 413 g/mol. The molecule has 0 aromatic rings. The Morgan fingerprint density at radius 2 is 1.38 bits per heavy atom. The van der Waals surface area contributed by atoms with Crippen molar-refractivity contribution >= 4 is 0 Å². The van der Waals surface area contributed by atoms with Crippen molar-refractivity contribution in [1.82, 2.24) is 0 Å². The molecule has 32 heavy (non-hydrogen) atoms. The third kappa shape index (κ3) is 10.0. The highest BCUT2D eigenvalue weighted by molar-refractivity contribution is 5.53. The second kappa shape index (κ2) is 14.3. The van der Waals surface area contributed by atoms with Crippen LogP contribution < -0.4 is 0 Å². The van der Waals surface area contributed by atoms with Gasteiger partial charge >= 0.3 is 0 Å². The van der Waals surface area contributed by atoms with Gasteiger partial charge in [-0.1, -0.05) is 65.5 Å². The number of hydrogen-bond donors (Lipinski definition) is 0. The highest BCUT2D eigenvalue weighted by Crippen LogP contribution is 2.28. The van der Waals surface area contributed by atoms with Gasteiger partial charge in [-0.05, 0) is 43.1 Å². The Balaban J connectivity index is 5.15. The fraction of sp³-hybridized carbons (Fsp3) is 0.333. The van der Waals surface area contributed by atoms with Crippen LogP contribution in [0.2, 0.25) is 0 Å². The minimum atomic E-state index is -1.25. The molecule has 176 valence electrons. The molecule has 0 spiro atoms. The van der Waals surface area contributed by atoms with Crippen molar-refractivity contribution < 1.29 is 22.6 Å². The van der Waals surface area contributed by atoms with Gasteiger partial charge in [0.05, 0.1) is 19.3 Å². The number of ether oxygens (including phenoxy) is 2. The summed E-state index contributed by atoms with van der Waals surface area (Å²) in [6, 6.07) is 0. The van der Waals surface area contributed by atoms with E-state index in [9.17, 15) is 13.2 Å². The predicted molar refractivity (Wildman–Crippen MR) is 129 cm³/mol. The first-order valence-electron chi connectivity index (χ1n) is 10.3. The van der Waals surface area contributed by atoms with Crippen LogP contribution in [0.15, 0.2) is 109 Å². The van der Waals surface area contributed by atoms with Gasteiger partial charge in [0, 0.05) is 17.1 Å². The Hall–Kier alpha value is -2.79. The quantitative estimate of drug-likeness (QED) is 0.185. The highest BCUT2D eigenvalue weighted by atomic mass is 19.2. The lowest BCUT2D eigenvalue weighted by Crippen LogP contribution is -2.12. The van der Waals surface area contributed by atoms with Crippen LogP contribution in [0.1, 0.15) is 34.1 Å². The largest absolute Gasteiger partial charge is 0.491 e. The summed E-state index contributed by atoms with van der Waals surface area (Å²) >= 11 is 0. The zero-order valence-corrected chi connectivity index (χ0v) is 19.7. The second-order valence-corrected chi connectivity index (χ2v) is 7.59. The lowest BCUT2D eigenvalue weighted by Gasteiger charge is -2.15. The molecule has 0 N–H and O–H groups in total. The minimum Gasteiger partial charge on any atom is -0.491 e. The van der Waals surface area contributed by atoms with Gasteiger partial charge in [-0.25, -0.2) is 8.78 Å². The fourth-order valence-corrected chi connectivity index (χ4v) is 2.08. The summed E-state index contributed by atoms with van der Waals surface area (Å²) < 4.78 is 53.4. The van der Waals surface area contributed by atoms with Crippen molar-refractivity contribution in [2.75, 3.05) is 13.2 Å². The van der Waals surface area contributed by atoms with E-state index in [1.165, 1.54) is 18.2 Å². The van der Waals surface area contributed by atoms with Crippen molar-refractivity contribution in [3.05, 3.63) is 109 Å². The van der Waals surface area contributed by atoms with E-state index in [1.54, 1.807) is 0 Å². The Kier molecular flexibility index (Phi) is 13.1. The maximum absolute atomic E-state index is 14.5. The number of rotatable bonds is 15. The normalized spacial score (nSPS) is 13.6. The second-order valence-electron chi connectivity index (χ2n) is 7.59. The van der Waals surface area contributed by atoms with E-state index >= 15 is 0 Å². The molecular formula is C27H35F3O2. The first kappa shape index (κ1) is 29.2. The third-order valence-corrected chi connectivity index (χ3v) is 4.36. The van der Waals surface area contributed by atoms with E-state index in [0.717, 1.165) is 0 Å². The molecule has 0 aromatic heterocycles. The molecule has 0 saturated carbocycles. The topological polar surface area (TPSA) is 18.5 Å². The van der Waals surface area contributed by atoms with Crippen LogP contribution in [0.5, 0.6) is 0 Å². The SMILES string of the molecule is C=C(/C=C\C(=C)C(=C)/C(F)=C\C(=C)C(C)COC(C)C)C(=C)/C(F)=C(/F)C(=C)OCCC. The molecule has 5 heteroatoms. The number of hydrogen-bond acceptors (Lipinski definition) is 2. The van der Waals surface area contributed by atoms with Crippen LogP contribution in [0, 0.1) is 5.92 Å². The van der Waals surface area contributed by atoms with E-state index < -0.39 is 23.2 Å². The zero-order valence-electron chi connectivity index (χ0n) is 19.7. The summed E-state index contributed by atoms with van der Waals surface area (Å²) in [7, 11) is 0. The molecule has 0 saturated heterocycles. The number of allylic oxidation sites excluding steroid dienone is 10. The van der Waals surface area contributed by atoms with Gasteiger partial charge in [-0.3, -0.25) is 0 Å². The summed E-state index contributed by atoms with van der Waals surface area (Å²) in [6.07, 6.45) is 4.71. The van der Waals surface area contributed by atoms with Gasteiger partial charge < -0.3 is 9.47 Å². The van der Waals surface area contributed by atoms with Crippen LogP contribution in [0.25, 0.3) is 0 Å². The van der Waals surface area contributed by atoms with E-state index in [4.69, 9.17) is 9.47 Å². The van der Waals surface area contributed by atoms with Gasteiger partial charge in [0.15, 0.2) is 11.6 Å². The van der Waals surface area contributed by atoms with Crippen molar-refractivity contribution in [1.29, 1.82) is 0 Å². The highest BCUT2D eigenvalue weighted by Gasteiger charge is 2.16. The van der Waals surface area contributed by atoms with Crippen LogP contribution >= 0.6 is 0 Å². The first-order chi connectivity index (χ1) is 14.8. The molecule has 1 atom stereocenters. The maximum Gasteiger partial charge on any atom is 0.200 e. The van der Waals surface area contributed by atoms with E-state index in [-0.39, 0.29) is 40.9 Å². The Morgan fingerprint density at radius 1 is 0.844 bits per heavy atom. The molecule has 0 aliphatic rings. The summed E-state index contributed by atoms with van der Waals surface area (Å²) in [5.74, 6) is -3.58. The molecule has 0 heterocycles. The molecule has 1 unspecified atom stereocenters. The monoisotopic (exact) mass is 448 g/mol. The predicted octanol–water partition coefficient (Wildman–Crippen LogP) is 8.33. The molecule has 0 aliphatic carbocycles. The Morgan fingerprint density at radius 3 is 1.88 bits per heavy atom. The minimum absolute atomic E-state index is 0.0290. The standard InChI is InChI=1S/C27H35F3O2/c1-11-14-31-24(10)27(30)26(29)23(9)19(5)13-12-18(4)22(8)25(28)15-20(6)21(7)16-32-17(2)3/h12-13,15,17,21H,4-6,8-11,14,16H2,1-3,7H3/b13-12-,25-15+,27-26-. The molecule has 0 rings (SSSR count). The fourth-order valence-electron chi connectivity index (χ4n) is 2.08. The van der Waals surface area contributed by atoms with Crippen LogP contribution in [0.4, 0.5) is 13.2 Å². The van der Waals surface area contributed by atoms with Crippen molar-refractivity contribution in [3.63, 3.8) is 0 Å². The average Bonchev–Trinajstić information content (AvgIpc) is 2.76. The molecule has 0 aromatic carbocycles. The molecule has 0 amide bonds. The van der Waals surface area contributed by atoms with Gasteiger partial charge in [-0.2, -0.15) is 4.39 Å². The van der Waals surface area contributed by atoms with Crippen molar-refractivity contribution in [2.24, 2.45) is 5.92 Å². The van der Waals surface area contributed by atoms with Crippen molar-refractivity contribution in [2.45, 2.75) is 40.2 Å². The average molecular weight is 449 g/mol. The van der Waals surface area contributed by atoms with Gasteiger partial charge in [0.25, 0.3) is 0 Å². The molecule has 2 nitrogen and oxygen atoms in total. The van der Waals surface area contributed by atoms with Gasteiger partial charge in [0.1, 0.15) is 5.83 Å². The van der Waals surface area contributed by atoms with Gasteiger partial charge in [0.2, 0.25) is 5.83 Å². The molecule has 0 fully saturated rings. The zero-order chi connectivity index (χ0) is 25.0. The third-order valence-electron chi connectivity index (χ3n) is 4.36. The summed E-state index contributed by atoms with van der Waals surface area (Å²) in [5, 5.41) is 0. The van der Waals surface area contributed by atoms with Gasteiger partial charge in [-0.15, -0.1) is 0 Å². The lowest BCUT2D eigenvalue weighted by molar-refractivity contribution is 0.0633. The van der Waals surface area contributed by atoms with Crippen molar-refractivity contribution in [3.8, 4) is 0 Å². The Bertz CT molecular complexity index is 854. The summed E-state index contributed by atoms with van der Waals surface area (Å²) in [5.41, 5.74) is 0.588. The molecule has 0 radical (unpaired) electrons. The van der Waals surface area contributed by atoms with E-state index in [0.29, 0.717) is 18.6 Å². The first-order valence-corrected chi connectivity index (χ1v) is 10.3. The van der Waals surface area contributed by atoms with E-state index in [1.807, 2.05) is 27.7 Å². The lowest BCUT2D eigenvalue weighted by atomic mass is 9.99. The van der Waals surface area contributed by atoms with Crippen LogP contribution in [-0.4, -0.2) is 19.3 Å². The Labute approximate surface area is 191 Å². The maximum atomic E-state index is 14.5. The summed E-state index contributed by atoms with van der Waals surface area (Å²) in [6.45, 7) is 30.0. The van der Waals surface area contributed by atoms with Crippen LogP contribution in [0.3, 0.4) is 0 Å². The smallest absolute Gasteiger partial charge is 0.200 e. The number of halogens is 3. The van der Waals surface area contributed by atoms with E-state index in [2.05, 4.69) is 39.5 Å². The molecule has 0 aliphatic heterocycles. The summed E-state index contributed by atoms with van der Waals surface area (Å²) in [4.78, 5) is 0. The van der Waals surface area contributed by atoms with Crippen LogP contribution in [-0.2, 0) is 9.47 Å². The molecule has 0 bridgehead atoms.